The molecule has 1 aliphatic rings. The summed E-state index contributed by atoms with van der Waals surface area (Å²) < 4.78 is 0. The molecule has 6 heteroatoms. The lowest BCUT2D eigenvalue weighted by molar-refractivity contribution is -0.133. The molecule has 0 atom stereocenters. The lowest BCUT2D eigenvalue weighted by atomic mass is 10.1. The van der Waals surface area contributed by atoms with Crippen LogP contribution in [0.5, 0.6) is 0 Å². The molecular weight excluding hydrogens is 382 g/mol. The first-order chi connectivity index (χ1) is 13.7. The second-order valence-corrected chi connectivity index (χ2v) is 10.2. The molecule has 1 fully saturated rings. The summed E-state index contributed by atoms with van der Waals surface area (Å²) in [5, 5.41) is 3.01. The largest absolute Gasteiger partial charge is 0.333 e. The fourth-order valence-corrected chi connectivity index (χ4v) is 4.09. The second-order valence-electron chi connectivity index (χ2n) is 8.79. The van der Waals surface area contributed by atoms with E-state index in [1.807, 2.05) is 56.0 Å². The predicted molar refractivity (Wildman–Crippen MR) is 118 cm³/mol. The van der Waals surface area contributed by atoms with E-state index >= 15 is 0 Å². The molecular formula is C23H31N3O2S. The zero-order valence-corrected chi connectivity index (χ0v) is 18.6. The zero-order valence-electron chi connectivity index (χ0n) is 17.8. The summed E-state index contributed by atoms with van der Waals surface area (Å²) in [5.41, 5.74) is 0.761. The molecule has 0 bridgehead atoms. The van der Waals surface area contributed by atoms with Crippen LogP contribution in [0, 0.1) is 6.92 Å². The monoisotopic (exact) mass is 413 g/mol. The average Bonchev–Trinajstić information content (AvgIpc) is 3.40. The van der Waals surface area contributed by atoms with Crippen LogP contribution in [0.15, 0.2) is 42.5 Å². The van der Waals surface area contributed by atoms with Crippen molar-refractivity contribution in [2.24, 2.45) is 0 Å². The molecule has 1 aromatic carbocycles. The smallest absolute Gasteiger partial charge is 0.318 e. The van der Waals surface area contributed by atoms with Gasteiger partial charge in [0.15, 0.2) is 0 Å². The van der Waals surface area contributed by atoms with E-state index < -0.39 is 0 Å². The van der Waals surface area contributed by atoms with Crippen molar-refractivity contribution >= 4 is 23.3 Å². The van der Waals surface area contributed by atoms with E-state index in [0.717, 1.165) is 23.3 Å². The molecule has 5 nitrogen and oxygen atoms in total. The Bertz CT molecular complexity index is 837. The van der Waals surface area contributed by atoms with Gasteiger partial charge in [-0.1, -0.05) is 30.3 Å². The van der Waals surface area contributed by atoms with Gasteiger partial charge in [-0.2, -0.15) is 0 Å². The van der Waals surface area contributed by atoms with E-state index in [9.17, 15) is 9.59 Å². The second kappa shape index (κ2) is 8.99. The van der Waals surface area contributed by atoms with Crippen molar-refractivity contribution in [3.63, 3.8) is 0 Å². The summed E-state index contributed by atoms with van der Waals surface area (Å²) in [4.78, 5) is 32.0. The highest BCUT2D eigenvalue weighted by Crippen LogP contribution is 2.27. The number of nitrogens with zero attached hydrogens (tertiary/aromatic N) is 2. The number of benzene rings is 1. The Morgan fingerprint density at radius 2 is 1.76 bits per heavy atom. The van der Waals surface area contributed by atoms with E-state index in [1.165, 1.54) is 4.88 Å². The quantitative estimate of drug-likeness (QED) is 0.724. The van der Waals surface area contributed by atoms with Crippen LogP contribution in [-0.2, 0) is 17.9 Å². The lowest BCUT2D eigenvalue weighted by Crippen LogP contribution is -2.52. The van der Waals surface area contributed by atoms with Crippen LogP contribution in [0.25, 0.3) is 0 Å². The molecule has 0 aliphatic heterocycles. The third kappa shape index (κ3) is 6.60. The Morgan fingerprint density at radius 1 is 1.07 bits per heavy atom. The topological polar surface area (TPSA) is 52.7 Å². The molecule has 1 heterocycles. The van der Waals surface area contributed by atoms with E-state index in [2.05, 4.69) is 24.4 Å². The van der Waals surface area contributed by atoms with Crippen LogP contribution in [-0.4, -0.2) is 39.9 Å². The maximum absolute atomic E-state index is 13.3. The minimum atomic E-state index is -0.328. The molecule has 156 valence electrons. The van der Waals surface area contributed by atoms with Gasteiger partial charge in [0.25, 0.3) is 0 Å². The molecule has 3 amide bonds. The Morgan fingerprint density at radius 3 is 2.31 bits per heavy atom. The lowest BCUT2D eigenvalue weighted by Gasteiger charge is -2.30. The van der Waals surface area contributed by atoms with E-state index in [1.54, 1.807) is 16.2 Å². The summed E-state index contributed by atoms with van der Waals surface area (Å²) in [6.07, 6.45) is 1.93. The molecule has 1 saturated carbocycles. The highest BCUT2D eigenvalue weighted by molar-refractivity contribution is 7.11. The van der Waals surface area contributed by atoms with Gasteiger partial charge < -0.3 is 15.1 Å². The average molecular weight is 414 g/mol. The summed E-state index contributed by atoms with van der Waals surface area (Å²) in [6.45, 7) is 9.16. The molecule has 0 radical (unpaired) electrons. The van der Waals surface area contributed by atoms with Gasteiger partial charge in [0.1, 0.15) is 6.54 Å². The van der Waals surface area contributed by atoms with Crippen LogP contribution in [0.4, 0.5) is 4.79 Å². The number of hydrogen-bond acceptors (Lipinski definition) is 3. The Labute approximate surface area is 177 Å². The van der Waals surface area contributed by atoms with Gasteiger partial charge in [0.05, 0.1) is 6.54 Å². The van der Waals surface area contributed by atoms with Crippen molar-refractivity contribution in [2.75, 3.05) is 6.54 Å². The molecule has 0 spiro atoms. The third-order valence-corrected chi connectivity index (χ3v) is 5.73. The van der Waals surface area contributed by atoms with Crippen molar-refractivity contribution in [1.82, 2.24) is 15.1 Å². The van der Waals surface area contributed by atoms with Gasteiger partial charge in [-0.05, 0) is 58.2 Å². The number of carbonyl (C=O) groups excluding carboxylic acids is 2. The van der Waals surface area contributed by atoms with Crippen LogP contribution >= 0.6 is 11.3 Å². The number of hydrogen-bond donors (Lipinski definition) is 1. The SMILES string of the molecule is Cc1ccc(CN(Cc2ccccc2)C(=O)CN(C(=O)NC(C)(C)C)C2CC2)s1. The number of amides is 3. The number of aryl methyl sites for hydroxylation is 1. The molecule has 2 aromatic rings. The maximum atomic E-state index is 13.3. The van der Waals surface area contributed by atoms with Crippen molar-refractivity contribution < 1.29 is 9.59 Å². The molecule has 1 N–H and O–H groups in total. The van der Waals surface area contributed by atoms with Crippen LogP contribution in [0.2, 0.25) is 0 Å². The predicted octanol–water partition coefficient (Wildman–Crippen LogP) is 4.56. The van der Waals surface area contributed by atoms with Gasteiger partial charge in [0.2, 0.25) is 5.91 Å². The number of rotatable bonds is 7. The molecule has 29 heavy (non-hydrogen) atoms. The normalized spacial score (nSPS) is 13.8. The van der Waals surface area contributed by atoms with Gasteiger partial charge in [0, 0.05) is 27.9 Å². The summed E-state index contributed by atoms with van der Waals surface area (Å²) >= 11 is 1.71. The third-order valence-electron chi connectivity index (χ3n) is 4.75. The van der Waals surface area contributed by atoms with Gasteiger partial charge in [-0.25, -0.2) is 4.79 Å². The van der Waals surface area contributed by atoms with E-state index in [-0.39, 0.29) is 30.1 Å². The highest BCUT2D eigenvalue weighted by Gasteiger charge is 2.36. The Kier molecular flexibility index (Phi) is 6.63. The van der Waals surface area contributed by atoms with E-state index in [0.29, 0.717) is 13.1 Å². The van der Waals surface area contributed by atoms with Gasteiger partial charge in [-0.15, -0.1) is 11.3 Å². The van der Waals surface area contributed by atoms with E-state index in [4.69, 9.17) is 0 Å². The molecule has 3 rings (SSSR count). The van der Waals surface area contributed by atoms with Gasteiger partial charge in [-0.3, -0.25) is 4.79 Å². The van der Waals surface area contributed by atoms with Crippen LogP contribution < -0.4 is 5.32 Å². The Hall–Kier alpha value is -2.34. The first kappa shape index (κ1) is 21.4. The first-order valence-electron chi connectivity index (χ1n) is 10.2. The molecule has 0 saturated heterocycles. The minimum absolute atomic E-state index is 0.0177. The van der Waals surface area contributed by atoms with Crippen molar-refractivity contribution in [1.29, 1.82) is 0 Å². The van der Waals surface area contributed by atoms with Crippen LogP contribution in [0.1, 0.15) is 48.9 Å². The zero-order chi connectivity index (χ0) is 21.0. The number of nitrogens with one attached hydrogen (secondary N) is 1. The molecule has 1 aliphatic carbocycles. The number of urea groups is 1. The minimum Gasteiger partial charge on any atom is -0.333 e. The van der Waals surface area contributed by atoms with Crippen LogP contribution in [0.3, 0.4) is 0 Å². The summed E-state index contributed by atoms with van der Waals surface area (Å²) in [7, 11) is 0. The number of carbonyl (C=O) groups is 2. The number of thiophene rings is 1. The molecule has 1 aromatic heterocycles. The standard InChI is InChI=1S/C23H31N3O2S/c1-17-10-13-20(29-17)15-25(14-18-8-6-5-7-9-18)21(27)16-26(19-11-12-19)22(28)24-23(2,3)4/h5-10,13,19H,11-12,14-16H2,1-4H3,(H,24,28). The van der Waals surface area contributed by atoms with Gasteiger partial charge >= 0.3 is 6.03 Å². The summed E-state index contributed by atoms with van der Waals surface area (Å²) in [5.74, 6) is -0.0177. The van der Waals surface area contributed by atoms with Crippen molar-refractivity contribution in [2.45, 2.75) is 65.2 Å². The summed E-state index contributed by atoms with van der Waals surface area (Å²) in [6, 6.07) is 14.2. The first-order valence-corrected chi connectivity index (χ1v) is 11.0. The fraction of sp³-hybridized carbons (Fsp3) is 0.478. The van der Waals surface area contributed by atoms with Crippen molar-refractivity contribution in [3.8, 4) is 0 Å². The molecule has 0 unspecified atom stereocenters. The maximum Gasteiger partial charge on any atom is 0.318 e. The Balaban J connectivity index is 1.74. The van der Waals surface area contributed by atoms with Crippen molar-refractivity contribution in [3.05, 3.63) is 57.8 Å². The fourth-order valence-electron chi connectivity index (χ4n) is 3.19. The highest BCUT2D eigenvalue weighted by atomic mass is 32.1.